The van der Waals surface area contributed by atoms with Gasteiger partial charge in [-0.25, -0.2) is 0 Å². The monoisotopic (exact) mass is 245 g/mol. The molecule has 0 radical (unpaired) electrons. The zero-order chi connectivity index (χ0) is 13.3. The molecule has 2 heteroatoms. The van der Waals surface area contributed by atoms with Gasteiger partial charge in [-0.3, -0.25) is 4.79 Å². The van der Waals surface area contributed by atoms with Gasteiger partial charge in [-0.05, 0) is 43.7 Å². The van der Waals surface area contributed by atoms with E-state index in [1.807, 2.05) is 30.9 Å². The smallest absolute Gasteiger partial charge is 0.254 e. The number of benzene rings is 1. The summed E-state index contributed by atoms with van der Waals surface area (Å²) < 4.78 is 0. The molecule has 1 aliphatic rings. The molecule has 2 unspecified atom stereocenters. The lowest BCUT2D eigenvalue weighted by Gasteiger charge is -2.35. The fourth-order valence-electron chi connectivity index (χ4n) is 2.97. The summed E-state index contributed by atoms with van der Waals surface area (Å²) in [6, 6.07) is 6.12. The highest BCUT2D eigenvalue weighted by atomic mass is 16.2. The first-order chi connectivity index (χ1) is 8.47. The van der Waals surface area contributed by atoms with Gasteiger partial charge in [-0.15, -0.1) is 0 Å². The molecule has 1 fully saturated rings. The first-order valence-corrected chi connectivity index (χ1v) is 6.84. The molecule has 1 heterocycles. The van der Waals surface area contributed by atoms with Crippen LogP contribution in [0.15, 0.2) is 18.2 Å². The van der Waals surface area contributed by atoms with Crippen molar-refractivity contribution in [1.82, 2.24) is 4.90 Å². The van der Waals surface area contributed by atoms with Gasteiger partial charge >= 0.3 is 0 Å². The minimum atomic E-state index is 0.203. The minimum Gasteiger partial charge on any atom is -0.338 e. The van der Waals surface area contributed by atoms with Crippen LogP contribution in [-0.4, -0.2) is 23.9 Å². The highest BCUT2D eigenvalue weighted by molar-refractivity contribution is 5.95. The molecule has 2 atom stereocenters. The van der Waals surface area contributed by atoms with Crippen molar-refractivity contribution in [3.63, 3.8) is 0 Å². The molecular weight excluding hydrogens is 222 g/mol. The Labute approximate surface area is 110 Å². The van der Waals surface area contributed by atoms with Crippen molar-refractivity contribution in [2.45, 2.75) is 34.1 Å². The van der Waals surface area contributed by atoms with E-state index >= 15 is 0 Å². The van der Waals surface area contributed by atoms with Crippen LogP contribution >= 0.6 is 0 Å². The second-order valence-corrected chi connectivity index (χ2v) is 5.97. The summed E-state index contributed by atoms with van der Waals surface area (Å²) in [4.78, 5) is 14.6. The Morgan fingerprint density at radius 2 is 1.78 bits per heavy atom. The summed E-state index contributed by atoms with van der Waals surface area (Å²) in [7, 11) is 0. The molecule has 1 aliphatic heterocycles. The number of rotatable bonds is 1. The van der Waals surface area contributed by atoms with Crippen molar-refractivity contribution < 1.29 is 4.79 Å². The highest BCUT2D eigenvalue weighted by Crippen LogP contribution is 2.23. The van der Waals surface area contributed by atoms with Crippen LogP contribution in [0.2, 0.25) is 0 Å². The molecule has 1 aromatic carbocycles. The molecule has 0 bridgehead atoms. The van der Waals surface area contributed by atoms with Crippen LogP contribution in [0.25, 0.3) is 0 Å². The maximum absolute atomic E-state index is 12.6. The van der Waals surface area contributed by atoms with E-state index < -0.39 is 0 Å². The molecule has 18 heavy (non-hydrogen) atoms. The number of hydrogen-bond donors (Lipinski definition) is 0. The lowest BCUT2D eigenvalue weighted by atomic mass is 9.91. The molecule has 2 rings (SSSR count). The van der Waals surface area contributed by atoms with Crippen LogP contribution in [0.4, 0.5) is 0 Å². The lowest BCUT2D eigenvalue weighted by molar-refractivity contribution is 0.0622. The molecule has 0 aliphatic carbocycles. The Hall–Kier alpha value is -1.31. The quantitative estimate of drug-likeness (QED) is 0.742. The highest BCUT2D eigenvalue weighted by Gasteiger charge is 2.26. The maximum Gasteiger partial charge on any atom is 0.254 e. The summed E-state index contributed by atoms with van der Waals surface area (Å²) in [5, 5.41) is 0. The molecular formula is C16H23NO. The molecule has 1 saturated heterocycles. The average molecular weight is 245 g/mol. The van der Waals surface area contributed by atoms with E-state index in [2.05, 4.69) is 19.9 Å². The minimum absolute atomic E-state index is 0.203. The Balaban J connectivity index is 2.22. The van der Waals surface area contributed by atoms with E-state index in [4.69, 9.17) is 0 Å². The van der Waals surface area contributed by atoms with E-state index in [0.717, 1.165) is 29.8 Å². The number of nitrogens with zero attached hydrogens (tertiary/aromatic N) is 1. The van der Waals surface area contributed by atoms with E-state index in [0.29, 0.717) is 11.8 Å². The number of carbonyl (C=O) groups is 1. The van der Waals surface area contributed by atoms with Gasteiger partial charge in [0.25, 0.3) is 5.91 Å². The van der Waals surface area contributed by atoms with E-state index in [1.165, 1.54) is 6.42 Å². The van der Waals surface area contributed by atoms with Gasteiger partial charge in [0.05, 0.1) is 0 Å². The third-order valence-electron chi connectivity index (χ3n) is 3.78. The first-order valence-electron chi connectivity index (χ1n) is 6.84. The predicted molar refractivity (Wildman–Crippen MR) is 74.8 cm³/mol. The van der Waals surface area contributed by atoms with Crippen LogP contribution in [0.5, 0.6) is 0 Å². The normalized spacial score (nSPS) is 24.1. The fraction of sp³-hybridized carbons (Fsp3) is 0.562. The largest absolute Gasteiger partial charge is 0.338 e. The first kappa shape index (κ1) is 13.1. The molecule has 1 amide bonds. The second-order valence-electron chi connectivity index (χ2n) is 5.97. The summed E-state index contributed by atoms with van der Waals surface area (Å²) in [5.41, 5.74) is 3.11. The molecule has 98 valence electrons. The average Bonchev–Trinajstić information content (AvgIpc) is 2.30. The van der Waals surface area contributed by atoms with Crippen molar-refractivity contribution in [3.8, 4) is 0 Å². The van der Waals surface area contributed by atoms with Gasteiger partial charge in [-0.1, -0.05) is 31.5 Å². The molecule has 1 aromatic rings. The van der Waals surface area contributed by atoms with Gasteiger partial charge in [-0.2, -0.15) is 0 Å². The third kappa shape index (κ3) is 2.74. The summed E-state index contributed by atoms with van der Waals surface area (Å²) in [6.07, 6.45) is 1.23. The second kappa shape index (κ2) is 5.13. The zero-order valence-corrected chi connectivity index (χ0v) is 11.9. The molecule has 2 nitrogen and oxygen atoms in total. The number of hydrogen-bond acceptors (Lipinski definition) is 1. The van der Waals surface area contributed by atoms with E-state index in [9.17, 15) is 4.79 Å². The Morgan fingerprint density at radius 1 is 1.17 bits per heavy atom. The molecule has 0 saturated carbocycles. The number of amides is 1. The van der Waals surface area contributed by atoms with E-state index in [-0.39, 0.29) is 5.91 Å². The Morgan fingerprint density at radius 3 is 2.39 bits per heavy atom. The van der Waals surface area contributed by atoms with Crippen molar-refractivity contribution in [3.05, 3.63) is 34.9 Å². The van der Waals surface area contributed by atoms with Crippen molar-refractivity contribution >= 4 is 5.91 Å². The molecule has 0 aromatic heterocycles. The zero-order valence-electron chi connectivity index (χ0n) is 11.9. The number of carbonyl (C=O) groups excluding carboxylic acids is 1. The Bertz CT molecular complexity index is 442. The van der Waals surface area contributed by atoms with Gasteiger partial charge in [0.15, 0.2) is 0 Å². The summed E-state index contributed by atoms with van der Waals surface area (Å²) in [6.45, 7) is 10.3. The van der Waals surface area contributed by atoms with Crippen LogP contribution in [0.1, 0.15) is 41.8 Å². The lowest BCUT2D eigenvalue weighted by Crippen LogP contribution is -2.42. The van der Waals surface area contributed by atoms with Crippen molar-refractivity contribution in [2.75, 3.05) is 13.1 Å². The van der Waals surface area contributed by atoms with Crippen LogP contribution in [0.3, 0.4) is 0 Å². The standard InChI is InChI=1S/C16H23NO/c1-11-5-6-14(4)15(8-11)16(18)17-9-12(2)7-13(3)10-17/h5-6,8,12-13H,7,9-10H2,1-4H3. The Kier molecular flexibility index (Phi) is 3.74. The number of aryl methyl sites for hydroxylation is 2. The maximum atomic E-state index is 12.6. The van der Waals surface area contributed by atoms with Crippen LogP contribution in [0, 0.1) is 25.7 Å². The topological polar surface area (TPSA) is 20.3 Å². The molecule has 0 N–H and O–H groups in total. The third-order valence-corrected chi connectivity index (χ3v) is 3.78. The number of piperidine rings is 1. The van der Waals surface area contributed by atoms with Gasteiger partial charge in [0.2, 0.25) is 0 Å². The fourth-order valence-corrected chi connectivity index (χ4v) is 2.97. The number of likely N-dealkylation sites (tertiary alicyclic amines) is 1. The summed E-state index contributed by atoms with van der Waals surface area (Å²) >= 11 is 0. The van der Waals surface area contributed by atoms with Crippen molar-refractivity contribution in [2.24, 2.45) is 11.8 Å². The van der Waals surface area contributed by atoms with Gasteiger partial charge in [0.1, 0.15) is 0 Å². The van der Waals surface area contributed by atoms with Crippen molar-refractivity contribution in [1.29, 1.82) is 0 Å². The molecule has 0 spiro atoms. The van der Waals surface area contributed by atoms with Gasteiger partial charge in [0, 0.05) is 18.7 Å². The van der Waals surface area contributed by atoms with Crippen LogP contribution in [-0.2, 0) is 0 Å². The summed E-state index contributed by atoms with van der Waals surface area (Å²) in [5.74, 6) is 1.43. The SMILES string of the molecule is Cc1ccc(C)c(C(=O)N2CC(C)CC(C)C2)c1. The van der Waals surface area contributed by atoms with Crippen LogP contribution < -0.4 is 0 Å². The van der Waals surface area contributed by atoms with Gasteiger partial charge < -0.3 is 4.90 Å². The van der Waals surface area contributed by atoms with E-state index in [1.54, 1.807) is 0 Å². The predicted octanol–water partition coefficient (Wildman–Crippen LogP) is 3.42.